The molecule has 5 heteroatoms. The number of nitrogens with zero attached hydrogens (tertiary/aromatic N) is 2. The van der Waals surface area contributed by atoms with E-state index in [4.69, 9.17) is 0 Å². The van der Waals surface area contributed by atoms with Crippen molar-refractivity contribution in [3.8, 4) is 0 Å². The van der Waals surface area contributed by atoms with Crippen molar-refractivity contribution < 1.29 is 9.90 Å². The third-order valence-corrected chi connectivity index (χ3v) is 7.07. The Morgan fingerprint density at radius 2 is 1.43 bits per heavy atom. The maximum atomic E-state index is 11.5. The molecule has 0 unspecified atom stereocenters. The maximum absolute atomic E-state index is 11.5. The summed E-state index contributed by atoms with van der Waals surface area (Å²) in [6, 6.07) is 28.0. The van der Waals surface area contributed by atoms with E-state index in [1.165, 1.54) is 18.2 Å². The summed E-state index contributed by atoms with van der Waals surface area (Å²) >= 11 is 0. The minimum atomic E-state index is -0.0822. The van der Waals surface area contributed by atoms with Crippen LogP contribution in [0.25, 0.3) is 11.1 Å². The van der Waals surface area contributed by atoms with Crippen LogP contribution in [0.4, 0.5) is 11.4 Å². The van der Waals surface area contributed by atoms with E-state index in [0.717, 1.165) is 60.6 Å². The molecule has 37 heavy (non-hydrogen) atoms. The van der Waals surface area contributed by atoms with Gasteiger partial charge in [-0.2, -0.15) is 0 Å². The van der Waals surface area contributed by atoms with Gasteiger partial charge in [0, 0.05) is 57.1 Å². The van der Waals surface area contributed by atoms with Gasteiger partial charge in [-0.25, -0.2) is 0 Å². The molecule has 0 radical (unpaired) electrons. The van der Waals surface area contributed by atoms with E-state index >= 15 is 0 Å². The highest BCUT2D eigenvalue weighted by Gasteiger charge is 2.20. The molecule has 0 saturated carbocycles. The predicted molar refractivity (Wildman–Crippen MR) is 155 cm³/mol. The Bertz CT molecular complexity index is 1180. The second-order valence-corrected chi connectivity index (χ2v) is 9.97. The number of aliphatic hydroxyl groups excluding tert-OH is 1. The molecule has 3 aromatic rings. The molecule has 3 aromatic carbocycles. The summed E-state index contributed by atoms with van der Waals surface area (Å²) in [4.78, 5) is 16.5. The maximum Gasteiger partial charge on any atom is 0.221 e. The Labute approximate surface area is 221 Å². The first-order valence-corrected chi connectivity index (χ1v) is 13.3. The summed E-state index contributed by atoms with van der Waals surface area (Å²) in [6.07, 6.45) is 1.46. The molecular weight excluding hydrogens is 458 g/mol. The fourth-order valence-corrected chi connectivity index (χ4v) is 5.08. The van der Waals surface area contributed by atoms with E-state index in [1.807, 2.05) is 18.2 Å². The Hall–Kier alpha value is -3.41. The van der Waals surface area contributed by atoms with E-state index in [2.05, 4.69) is 89.6 Å². The molecule has 1 aliphatic rings. The summed E-state index contributed by atoms with van der Waals surface area (Å²) < 4.78 is 0. The Morgan fingerprint density at radius 3 is 1.97 bits per heavy atom. The number of carbonyl (C=O) groups is 1. The lowest BCUT2D eigenvalue weighted by atomic mass is 9.87. The number of hydrogen-bond acceptors (Lipinski definition) is 4. The smallest absolute Gasteiger partial charge is 0.221 e. The zero-order valence-electron chi connectivity index (χ0n) is 22.3. The van der Waals surface area contributed by atoms with Gasteiger partial charge in [-0.1, -0.05) is 54.6 Å². The van der Waals surface area contributed by atoms with Gasteiger partial charge in [0.05, 0.1) is 0 Å². The van der Waals surface area contributed by atoms with Gasteiger partial charge in [-0.3, -0.25) is 9.69 Å². The highest BCUT2D eigenvalue weighted by atomic mass is 16.2. The van der Waals surface area contributed by atoms with Crippen molar-refractivity contribution in [2.24, 2.45) is 0 Å². The minimum Gasteiger partial charge on any atom is -0.396 e. The number of hydrogen-bond donors (Lipinski definition) is 2. The van der Waals surface area contributed by atoms with Gasteiger partial charge in [-0.05, 0) is 78.8 Å². The third-order valence-electron chi connectivity index (χ3n) is 7.07. The molecule has 0 aromatic heterocycles. The second-order valence-electron chi connectivity index (χ2n) is 9.97. The number of nitrogens with one attached hydrogen (secondary N) is 1. The minimum absolute atomic E-state index is 0.0822. The van der Waals surface area contributed by atoms with Crippen molar-refractivity contribution in [2.45, 2.75) is 39.7 Å². The topological polar surface area (TPSA) is 55.8 Å². The largest absolute Gasteiger partial charge is 0.396 e. The molecule has 2 N–H and O–H groups in total. The number of benzene rings is 3. The first-order chi connectivity index (χ1) is 18.0. The number of anilines is 2. The molecule has 0 bridgehead atoms. The highest BCUT2D eigenvalue weighted by molar-refractivity contribution is 5.99. The molecule has 1 amide bonds. The summed E-state index contributed by atoms with van der Waals surface area (Å²) in [5.74, 6) is -0.0822. The standard InChI is InChI=1S/C32H39N3O2/c1-24(2)34-19-21-35(22-20-34)30-17-13-28(14-18-30)32(27-11-15-29(16-12-27)33-25(3)37)31(10-7-23-36)26-8-5-4-6-9-26/h4-6,8-9,11-18,24,36H,7,10,19-23H2,1-3H3,(H,33,37). The predicted octanol–water partition coefficient (Wildman–Crippen LogP) is 5.91. The van der Waals surface area contributed by atoms with Crippen molar-refractivity contribution in [3.05, 3.63) is 95.6 Å². The molecule has 1 aliphatic heterocycles. The van der Waals surface area contributed by atoms with Crippen LogP contribution >= 0.6 is 0 Å². The van der Waals surface area contributed by atoms with Crippen LogP contribution in [-0.4, -0.2) is 54.7 Å². The van der Waals surface area contributed by atoms with Gasteiger partial charge in [0.25, 0.3) is 0 Å². The van der Waals surface area contributed by atoms with E-state index in [1.54, 1.807) is 0 Å². The summed E-state index contributed by atoms with van der Waals surface area (Å²) in [5, 5.41) is 12.5. The number of amides is 1. The van der Waals surface area contributed by atoms with Gasteiger partial charge in [0.15, 0.2) is 0 Å². The van der Waals surface area contributed by atoms with E-state index in [9.17, 15) is 9.90 Å². The van der Waals surface area contributed by atoms with Crippen molar-refractivity contribution >= 4 is 28.4 Å². The van der Waals surface area contributed by atoms with Crippen molar-refractivity contribution in [1.29, 1.82) is 0 Å². The molecule has 194 valence electrons. The Balaban J connectivity index is 1.73. The van der Waals surface area contributed by atoms with Crippen LogP contribution in [-0.2, 0) is 4.79 Å². The van der Waals surface area contributed by atoms with Crippen LogP contribution < -0.4 is 10.2 Å². The monoisotopic (exact) mass is 497 g/mol. The fraction of sp³-hybridized carbons (Fsp3) is 0.344. The number of allylic oxidation sites excluding steroid dienone is 1. The first kappa shape index (κ1) is 26.6. The van der Waals surface area contributed by atoms with Gasteiger partial charge in [0.2, 0.25) is 5.91 Å². The molecule has 0 aliphatic carbocycles. The Kier molecular flexibility index (Phi) is 9.15. The third kappa shape index (κ3) is 6.88. The average molecular weight is 498 g/mol. The van der Waals surface area contributed by atoms with Gasteiger partial charge in [0.1, 0.15) is 0 Å². The molecule has 5 nitrogen and oxygen atoms in total. The molecule has 1 saturated heterocycles. The average Bonchev–Trinajstić information content (AvgIpc) is 2.92. The van der Waals surface area contributed by atoms with Crippen molar-refractivity contribution in [2.75, 3.05) is 43.0 Å². The molecule has 0 atom stereocenters. The van der Waals surface area contributed by atoms with Crippen LogP contribution in [0.1, 0.15) is 50.3 Å². The van der Waals surface area contributed by atoms with Crippen LogP contribution in [0, 0.1) is 0 Å². The van der Waals surface area contributed by atoms with Gasteiger partial charge >= 0.3 is 0 Å². The normalized spacial score (nSPS) is 15.0. The summed E-state index contributed by atoms with van der Waals surface area (Å²) in [6.45, 7) is 10.4. The van der Waals surface area contributed by atoms with Gasteiger partial charge in [-0.15, -0.1) is 0 Å². The van der Waals surface area contributed by atoms with Gasteiger partial charge < -0.3 is 15.3 Å². The lowest BCUT2D eigenvalue weighted by molar-refractivity contribution is -0.114. The number of carbonyl (C=O) groups excluding carboxylic acids is 1. The van der Waals surface area contributed by atoms with Crippen molar-refractivity contribution in [3.63, 3.8) is 0 Å². The van der Waals surface area contributed by atoms with E-state index < -0.39 is 0 Å². The molecule has 4 rings (SSSR count). The van der Waals surface area contributed by atoms with Crippen LogP contribution in [0.2, 0.25) is 0 Å². The van der Waals surface area contributed by atoms with Crippen LogP contribution in [0.15, 0.2) is 78.9 Å². The summed E-state index contributed by atoms with van der Waals surface area (Å²) in [5.41, 5.74) is 7.79. The summed E-state index contributed by atoms with van der Waals surface area (Å²) in [7, 11) is 0. The zero-order valence-corrected chi connectivity index (χ0v) is 22.3. The van der Waals surface area contributed by atoms with E-state index in [0.29, 0.717) is 12.5 Å². The lowest BCUT2D eigenvalue weighted by Crippen LogP contribution is -2.48. The number of piperazine rings is 1. The van der Waals surface area contributed by atoms with E-state index in [-0.39, 0.29) is 12.5 Å². The van der Waals surface area contributed by atoms with Crippen LogP contribution in [0.3, 0.4) is 0 Å². The first-order valence-electron chi connectivity index (χ1n) is 13.3. The quantitative estimate of drug-likeness (QED) is 0.361. The highest BCUT2D eigenvalue weighted by Crippen LogP contribution is 2.36. The number of aliphatic hydroxyl groups is 1. The second kappa shape index (κ2) is 12.7. The Morgan fingerprint density at radius 1 is 0.838 bits per heavy atom. The van der Waals surface area contributed by atoms with Crippen LogP contribution in [0.5, 0.6) is 0 Å². The molecule has 1 heterocycles. The molecular formula is C32H39N3O2. The van der Waals surface area contributed by atoms with Crippen molar-refractivity contribution in [1.82, 2.24) is 4.90 Å². The fourth-order valence-electron chi connectivity index (χ4n) is 5.08. The zero-order chi connectivity index (χ0) is 26.2. The number of rotatable bonds is 9. The molecule has 1 fully saturated rings. The molecule has 0 spiro atoms. The lowest BCUT2D eigenvalue weighted by Gasteiger charge is -2.38. The SMILES string of the molecule is CC(=O)Nc1ccc(C(=C(CCCO)c2ccccc2)c2ccc(N3CCN(C(C)C)CC3)cc2)cc1.